The minimum absolute atomic E-state index is 0.210. The monoisotopic (exact) mass is 190 g/mol. The van der Waals surface area contributed by atoms with Crippen LogP contribution in [0.2, 0.25) is 0 Å². The van der Waals surface area contributed by atoms with Crippen LogP contribution in [0, 0.1) is 0 Å². The molecule has 0 aliphatic carbocycles. The molecule has 0 aromatic heterocycles. The predicted octanol–water partition coefficient (Wildman–Crippen LogP) is 0.229. The van der Waals surface area contributed by atoms with Gasteiger partial charge in [0.05, 0.1) is 11.7 Å². The van der Waals surface area contributed by atoms with E-state index in [0.717, 1.165) is 0 Å². The van der Waals surface area contributed by atoms with Gasteiger partial charge in [-0.15, -0.1) is 0 Å². The summed E-state index contributed by atoms with van der Waals surface area (Å²) in [5, 5.41) is 9.43. The van der Waals surface area contributed by atoms with E-state index in [4.69, 9.17) is 4.84 Å². The zero-order valence-electron chi connectivity index (χ0n) is 9.29. The topological polar surface area (TPSA) is 44.7 Å². The molecule has 0 aliphatic heterocycles. The lowest BCUT2D eigenvalue weighted by Gasteiger charge is -2.22. The number of likely N-dealkylation sites (N-methyl/N-ethyl adjacent to an activating group) is 1. The van der Waals surface area contributed by atoms with Gasteiger partial charge in [0.15, 0.2) is 0 Å². The lowest BCUT2D eigenvalue weighted by molar-refractivity contribution is -0.0842. The van der Waals surface area contributed by atoms with Crippen molar-refractivity contribution in [1.29, 1.82) is 0 Å². The molecule has 2 N–H and O–H groups in total. The molecule has 1 unspecified atom stereocenters. The summed E-state index contributed by atoms with van der Waals surface area (Å²) in [5.41, 5.74) is 2.54. The molecular formula is C9H22N2O2. The van der Waals surface area contributed by atoms with Crippen LogP contribution in [0.3, 0.4) is 0 Å². The van der Waals surface area contributed by atoms with Gasteiger partial charge in [-0.25, -0.2) is 0 Å². The molecule has 0 bridgehead atoms. The molecular weight excluding hydrogens is 168 g/mol. The molecule has 80 valence electrons. The molecule has 13 heavy (non-hydrogen) atoms. The SMILES string of the molecule is CN(C)CC(O)CNOC(C)(C)C. The third-order valence-electron chi connectivity index (χ3n) is 1.27. The van der Waals surface area contributed by atoms with Gasteiger partial charge in [0.1, 0.15) is 0 Å². The van der Waals surface area contributed by atoms with Crippen molar-refractivity contribution in [3.8, 4) is 0 Å². The minimum Gasteiger partial charge on any atom is -0.390 e. The molecule has 0 heterocycles. The van der Waals surface area contributed by atoms with Crippen LogP contribution in [0.15, 0.2) is 0 Å². The van der Waals surface area contributed by atoms with Crippen molar-refractivity contribution in [2.75, 3.05) is 27.2 Å². The molecule has 1 atom stereocenters. The first-order valence-corrected chi connectivity index (χ1v) is 4.55. The maximum Gasteiger partial charge on any atom is 0.0814 e. The summed E-state index contributed by atoms with van der Waals surface area (Å²) in [7, 11) is 3.85. The van der Waals surface area contributed by atoms with Crippen molar-refractivity contribution >= 4 is 0 Å². The highest BCUT2D eigenvalue weighted by Crippen LogP contribution is 2.03. The van der Waals surface area contributed by atoms with E-state index < -0.39 is 6.10 Å². The normalized spacial score (nSPS) is 15.0. The van der Waals surface area contributed by atoms with Crippen molar-refractivity contribution in [2.24, 2.45) is 0 Å². The van der Waals surface area contributed by atoms with Gasteiger partial charge in [-0.2, -0.15) is 5.48 Å². The van der Waals surface area contributed by atoms with Gasteiger partial charge >= 0.3 is 0 Å². The van der Waals surface area contributed by atoms with Gasteiger partial charge in [-0.3, -0.25) is 4.84 Å². The average molecular weight is 190 g/mol. The van der Waals surface area contributed by atoms with E-state index in [1.807, 2.05) is 39.8 Å². The molecule has 0 saturated carbocycles. The molecule has 0 aromatic rings. The number of aliphatic hydroxyl groups excluding tert-OH is 1. The molecule has 0 saturated heterocycles. The van der Waals surface area contributed by atoms with Crippen LogP contribution in [0.1, 0.15) is 20.8 Å². The van der Waals surface area contributed by atoms with Gasteiger partial charge < -0.3 is 10.0 Å². The average Bonchev–Trinajstić information content (AvgIpc) is 1.81. The maximum atomic E-state index is 9.43. The van der Waals surface area contributed by atoms with Crippen LogP contribution in [0.4, 0.5) is 0 Å². The van der Waals surface area contributed by atoms with Gasteiger partial charge in [-0.1, -0.05) is 0 Å². The van der Waals surface area contributed by atoms with Gasteiger partial charge in [0.25, 0.3) is 0 Å². The first-order chi connectivity index (χ1) is 5.81. The van der Waals surface area contributed by atoms with E-state index in [1.54, 1.807) is 0 Å². The van der Waals surface area contributed by atoms with E-state index >= 15 is 0 Å². The van der Waals surface area contributed by atoms with E-state index in [-0.39, 0.29) is 5.60 Å². The van der Waals surface area contributed by atoms with Crippen LogP contribution < -0.4 is 5.48 Å². The molecule has 0 amide bonds. The number of hydroxylamine groups is 1. The first kappa shape index (κ1) is 12.8. The number of rotatable bonds is 5. The summed E-state index contributed by atoms with van der Waals surface area (Å²) in [5.74, 6) is 0. The van der Waals surface area contributed by atoms with Crippen molar-refractivity contribution in [2.45, 2.75) is 32.5 Å². The van der Waals surface area contributed by atoms with E-state index in [9.17, 15) is 5.11 Å². The van der Waals surface area contributed by atoms with Crippen LogP contribution in [-0.2, 0) is 4.84 Å². The summed E-state index contributed by atoms with van der Waals surface area (Å²) in [6.07, 6.45) is -0.391. The van der Waals surface area contributed by atoms with E-state index in [0.29, 0.717) is 13.1 Å². The first-order valence-electron chi connectivity index (χ1n) is 4.55. The van der Waals surface area contributed by atoms with Gasteiger partial charge in [0.2, 0.25) is 0 Å². The second-order valence-electron chi connectivity index (χ2n) is 4.48. The molecule has 0 fully saturated rings. The van der Waals surface area contributed by atoms with Gasteiger partial charge in [0, 0.05) is 13.1 Å². The van der Waals surface area contributed by atoms with Crippen LogP contribution >= 0.6 is 0 Å². The number of hydrogen-bond acceptors (Lipinski definition) is 4. The fraction of sp³-hybridized carbons (Fsp3) is 1.00. The molecule has 0 aliphatic rings. The zero-order chi connectivity index (χ0) is 10.5. The van der Waals surface area contributed by atoms with Crippen LogP contribution in [-0.4, -0.2) is 48.9 Å². The highest BCUT2D eigenvalue weighted by molar-refractivity contribution is 4.61. The Kier molecular flexibility index (Phi) is 5.48. The van der Waals surface area contributed by atoms with Crippen LogP contribution in [0.25, 0.3) is 0 Å². The minimum atomic E-state index is -0.391. The standard InChI is InChI=1S/C9H22N2O2/c1-9(2,3)13-10-6-8(12)7-11(4)5/h8,10,12H,6-7H2,1-5H3. The Morgan fingerprint density at radius 1 is 1.38 bits per heavy atom. The highest BCUT2D eigenvalue weighted by Gasteiger charge is 2.11. The third kappa shape index (κ3) is 9.76. The fourth-order valence-corrected chi connectivity index (χ4v) is 0.840. The van der Waals surface area contributed by atoms with Crippen molar-refractivity contribution < 1.29 is 9.94 Å². The van der Waals surface area contributed by atoms with Crippen molar-refractivity contribution in [1.82, 2.24) is 10.4 Å². The van der Waals surface area contributed by atoms with Crippen molar-refractivity contribution in [3.05, 3.63) is 0 Å². The highest BCUT2D eigenvalue weighted by atomic mass is 16.7. The summed E-state index contributed by atoms with van der Waals surface area (Å²) < 4.78 is 0. The quantitative estimate of drug-likeness (QED) is 0.609. The van der Waals surface area contributed by atoms with Gasteiger partial charge in [-0.05, 0) is 34.9 Å². The third-order valence-corrected chi connectivity index (χ3v) is 1.27. The van der Waals surface area contributed by atoms with E-state index in [1.165, 1.54) is 0 Å². The largest absolute Gasteiger partial charge is 0.390 e. The van der Waals surface area contributed by atoms with E-state index in [2.05, 4.69) is 5.48 Å². The summed E-state index contributed by atoms with van der Waals surface area (Å²) in [6, 6.07) is 0. The lowest BCUT2D eigenvalue weighted by atomic mass is 10.2. The zero-order valence-corrected chi connectivity index (χ0v) is 9.29. The molecule has 4 heteroatoms. The Morgan fingerprint density at radius 3 is 2.31 bits per heavy atom. The Morgan fingerprint density at radius 2 is 1.92 bits per heavy atom. The summed E-state index contributed by atoms with van der Waals surface area (Å²) in [6.45, 7) is 6.96. The number of hydrogen-bond donors (Lipinski definition) is 2. The lowest BCUT2D eigenvalue weighted by Crippen LogP contribution is -2.38. The molecule has 0 aromatic carbocycles. The predicted molar refractivity (Wildman–Crippen MR) is 53.4 cm³/mol. The number of nitrogens with one attached hydrogen (secondary N) is 1. The van der Waals surface area contributed by atoms with Crippen molar-refractivity contribution in [3.63, 3.8) is 0 Å². The number of aliphatic hydroxyl groups is 1. The molecule has 0 radical (unpaired) electrons. The molecule has 4 nitrogen and oxygen atoms in total. The smallest absolute Gasteiger partial charge is 0.0814 e. The fourth-order valence-electron chi connectivity index (χ4n) is 0.840. The Balaban J connectivity index is 3.42. The Hall–Kier alpha value is -0.160. The van der Waals surface area contributed by atoms with Crippen LogP contribution in [0.5, 0.6) is 0 Å². The second kappa shape index (κ2) is 5.54. The number of nitrogens with zero attached hydrogens (tertiary/aromatic N) is 1. The Labute approximate surface area is 80.8 Å². The summed E-state index contributed by atoms with van der Waals surface area (Å²) >= 11 is 0. The Bertz CT molecular complexity index is 132. The maximum absolute atomic E-state index is 9.43. The summed E-state index contributed by atoms with van der Waals surface area (Å²) in [4.78, 5) is 7.19. The molecule has 0 spiro atoms. The second-order valence-corrected chi connectivity index (χ2v) is 4.48. The molecule has 0 rings (SSSR count).